The molecule has 0 spiro atoms. The van der Waals surface area contributed by atoms with E-state index in [-0.39, 0.29) is 12.2 Å². The molecule has 0 saturated heterocycles. The van der Waals surface area contributed by atoms with E-state index < -0.39 is 11.7 Å². The molecule has 0 unspecified atom stereocenters. The van der Waals surface area contributed by atoms with E-state index in [0.29, 0.717) is 23.9 Å². The van der Waals surface area contributed by atoms with Crippen LogP contribution in [-0.2, 0) is 4.74 Å². The number of hydrogen-bond acceptors (Lipinski definition) is 9. The van der Waals surface area contributed by atoms with Gasteiger partial charge in [-0.3, -0.25) is 4.79 Å². The normalized spacial score (nSPS) is 10.7. The van der Waals surface area contributed by atoms with Gasteiger partial charge in [0.25, 0.3) is 11.4 Å². The first kappa shape index (κ1) is 27.9. The molecule has 2 aromatic carbocycles. The number of carbonyl (C=O) groups excluding carboxylic acids is 1. The van der Waals surface area contributed by atoms with Gasteiger partial charge in [0, 0.05) is 17.2 Å². The van der Waals surface area contributed by atoms with E-state index in [1.165, 1.54) is 6.07 Å². The Morgan fingerprint density at radius 1 is 0.947 bits per heavy atom. The molecule has 2 heterocycles. The van der Waals surface area contributed by atoms with E-state index in [1.807, 2.05) is 42.5 Å². The molecule has 0 atom stereocenters. The predicted octanol–water partition coefficient (Wildman–Crippen LogP) is 4.90. The summed E-state index contributed by atoms with van der Waals surface area (Å²) in [4.78, 5) is 22.3. The van der Waals surface area contributed by atoms with Gasteiger partial charge in [-0.25, -0.2) is 4.79 Å². The Bertz CT molecular complexity index is 1370. The molecule has 11 nitrogen and oxygen atoms in total. The first-order valence-corrected chi connectivity index (χ1v) is 11.7. The van der Waals surface area contributed by atoms with E-state index in [1.54, 1.807) is 47.1 Å². The third-order valence-corrected chi connectivity index (χ3v) is 4.74. The molecule has 4 aromatic rings. The predicted molar refractivity (Wildman–Crippen MR) is 140 cm³/mol. The quantitative estimate of drug-likeness (QED) is 0.308. The molecule has 2 aromatic heterocycles. The summed E-state index contributed by atoms with van der Waals surface area (Å²) in [6.45, 7) is 5.97. The maximum absolute atomic E-state index is 11.5. The fourth-order valence-corrected chi connectivity index (χ4v) is 3.06. The van der Waals surface area contributed by atoms with Crippen LogP contribution in [0, 0.1) is 0 Å². The van der Waals surface area contributed by atoms with E-state index in [9.17, 15) is 9.59 Å². The molecule has 38 heavy (non-hydrogen) atoms. The zero-order valence-corrected chi connectivity index (χ0v) is 21.9. The van der Waals surface area contributed by atoms with Crippen molar-refractivity contribution in [1.29, 1.82) is 0 Å². The minimum absolute atomic E-state index is 0.247. The van der Waals surface area contributed by atoms with Crippen molar-refractivity contribution in [3.63, 3.8) is 0 Å². The van der Waals surface area contributed by atoms with Crippen molar-refractivity contribution in [2.75, 3.05) is 27.4 Å². The summed E-state index contributed by atoms with van der Waals surface area (Å²) in [6.07, 6.45) is -0.483. The number of methoxy groups -OCH3 is 2. The molecule has 0 aliphatic carbocycles. The van der Waals surface area contributed by atoms with Gasteiger partial charge in [0.05, 0.1) is 26.8 Å². The molecular formula is C27H31N3O8. The fourth-order valence-electron chi connectivity index (χ4n) is 3.06. The number of aromatic nitrogens is 2. The minimum atomic E-state index is -0.525. The van der Waals surface area contributed by atoms with E-state index in [2.05, 4.69) is 15.6 Å². The number of nitrogens with zero attached hydrogens (tertiary/aromatic N) is 1. The Morgan fingerprint density at radius 2 is 1.58 bits per heavy atom. The second-order valence-electron chi connectivity index (χ2n) is 8.85. The van der Waals surface area contributed by atoms with Crippen molar-refractivity contribution in [1.82, 2.24) is 15.6 Å². The molecule has 1 amide bonds. The number of H-pyrrole nitrogens is 1. The first-order valence-electron chi connectivity index (χ1n) is 11.7. The lowest BCUT2D eigenvalue weighted by molar-refractivity contribution is 0.0519. The van der Waals surface area contributed by atoms with Gasteiger partial charge in [-0.15, -0.1) is 0 Å². The van der Waals surface area contributed by atoms with Gasteiger partial charge < -0.3 is 33.3 Å². The van der Waals surface area contributed by atoms with Crippen LogP contribution in [0.5, 0.6) is 17.4 Å². The van der Waals surface area contributed by atoms with Crippen molar-refractivity contribution in [3.05, 3.63) is 71.0 Å². The zero-order chi connectivity index (χ0) is 27.5. The average molecular weight is 526 g/mol. The molecule has 202 valence electrons. The second kappa shape index (κ2) is 13.0. The van der Waals surface area contributed by atoms with E-state index >= 15 is 0 Å². The molecule has 0 saturated carbocycles. The molecule has 0 bridgehead atoms. The maximum atomic E-state index is 11.5. The van der Waals surface area contributed by atoms with E-state index in [0.717, 1.165) is 22.6 Å². The van der Waals surface area contributed by atoms with Gasteiger partial charge in [0.15, 0.2) is 11.5 Å². The Hall–Kier alpha value is -4.67. The Labute approximate surface area is 219 Å². The van der Waals surface area contributed by atoms with Crippen molar-refractivity contribution in [3.8, 4) is 40.0 Å². The number of carbonyl (C=O) groups is 1. The fraction of sp³-hybridized carbons (Fsp3) is 0.296. The number of amides is 1. The Morgan fingerprint density at radius 3 is 2.13 bits per heavy atom. The summed E-state index contributed by atoms with van der Waals surface area (Å²) in [7, 11) is 3.19. The van der Waals surface area contributed by atoms with Crippen LogP contribution in [0.2, 0.25) is 0 Å². The minimum Gasteiger partial charge on any atom is -0.497 e. The largest absolute Gasteiger partial charge is 0.497 e. The van der Waals surface area contributed by atoms with Crippen LogP contribution in [-0.4, -0.2) is 49.4 Å². The van der Waals surface area contributed by atoms with Crippen LogP contribution in [0.3, 0.4) is 0 Å². The summed E-state index contributed by atoms with van der Waals surface area (Å²) in [5.41, 5.74) is 0.872. The number of rotatable bonds is 8. The number of ether oxygens (including phenoxy) is 4. The van der Waals surface area contributed by atoms with Gasteiger partial charge >= 0.3 is 6.09 Å². The van der Waals surface area contributed by atoms with Crippen molar-refractivity contribution in [2.24, 2.45) is 0 Å². The lowest BCUT2D eigenvalue weighted by Crippen LogP contribution is -2.34. The van der Waals surface area contributed by atoms with E-state index in [4.69, 9.17) is 28.0 Å². The van der Waals surface area contributed by atoms with Crippen LogP contribution < -0.4 is 25.1 Å². The lowest BCUT2D eigenvalue weighted by Gasteiger charge is -2.19. The molecule has 0 fully saturated rings. The van der Waals surface area contributed by atoms with Crippen molar-refractivity contribution in [2.45, 2.75) is 26.4 Å². The standard InChI is InChI=1S/C17H22N2O5.C10H9NO3/c1-17(2,3)23-16(20)18-8-9-22-15-11-14(24-19-15)12-6-5-7-13(10-12)21-4;1-13-8-4-2-3-7(5-8)9-6-10(12)11-14-9/h5-7,10-11H,8-9H2,1-4H3,(H,18,20);2-6H,1H3,(H,11,12). The highest BCUT2D eigenvalue weighted by Crippen LogP contribution is 2.26. The highest BCUT2D eigenvalue weighted by atomic mass is 16.6. The van der Waals surface area contributed by atoms with Crippen LogP contribution >= 0.6 is 0 Å². The molecule has 0 aliphatic heterocycles. The Balaban J connectivity index is 0.000000241. The van der Waals surface area contributed by atoms with Gasteiger partial charge in [0.2, 0.25) is 0 Å². The zero-order valence-electron chi connectivity index (χ0n) is 21.9. The van der Waals surface area contributed by atoms with Crippen molar-refractivity contribution < 1.29 is 32.8 Å². The average Bonchev–Trinajstić information content (AvgIpc) is 3.55. The summed E-state index contributed by atoms with van der Waals surface area (Å²) in [5.74, 6) is 2.89. The summed E-state index contributed by atoms with van der Waals surface area (Å²) < 4.78 is 31.0. The van der Waals surface area contributed by atoms with Crippen LogP contribution in [0.4, 0.5) is 4.79 Å². The highest BCUT2D eigenvalue weighted by molar-refractivity contribution is 5.67. The summed E-state index contributed by atoms with van der Waals surface area (Å²) in [5, 5.41) is 8.68. The number of benzene rings is 2. The SMILES string of the molecule is COc1cccc(-c2cc(=O)[nH]o2)c1.COc1cccc(-c2cc(OCCNC(=O)OC(C)(C)C)no2)c1. The van der Waals surface area contributed by atoms with Gasteiger partial charge in [-0.1, -0.05) is 24.3 Å². The molecule has 11 heteroatoms. The number of hydrogen-bond donors (Lipinski definition) is 2. The van der Waals surface area contributed by atoms with Crippen LogP contribution in [0.15, 0.2) is 74.5 Å². The monoisotopic (exact) mass is 525 g/mol. The third kappa shape index (κ3) is 8.77. The molecule has 4 rings (SSSR count). The highest BCUT2D eigenvalue weighted by Gasteiger charge is 2.15. The summed E-state index contributed by atoms with van der Waals surface area (Å²) in [6, 6.07) is 17.8. The summed E-state index contributed by atoms with van der Waals surface area (Å²) >= 11 is 0. The smallest absolute Gasteiger partial charge is 0.407 e. The second-order valence-corrected chi connectivity index (χ2v) is 8.85. The maximum Gasteiger partial charge on any atom is 0.407 e. The molecule has 0 radical (unpaired) electrons. The number of alkyl carbamates (subject to hydrolysis) is 1. The van der Waals surface area contributed by atoms with Gasteiger partial charge in [-0.05, 0) is 50.2 Å². The molecule has 0 aliphatic rings. The number of aromatic amines is 1. The lowest BCUT2D eigenvalue weighted by atomic mass is 10.1. The van der Waals surface area contributed by atoms with Crippen LogP contribution in [0.25, 0.3) is 22.6 Å². The third-order valence-electron chi connectivity index (χ3n) is 4.74. The van der Waals surface area contributed by atoms with Crippen LogP contribution in [0.1, 0.15) is 20.8 Å². The Kier molecular flexibility index (Phi) is 9.58. The topological polar surface area (TPSA) is 138 Å². The number of nitrogens with one attached hydrogen (secondary N) is 2. The van der Waals surface area contributed by atoms with Crippen molar-refractivity contribution >= 4 is 6.09 Å². The molecular weight excluding hydrogens is 494 g/mol. The van der Waals surface area contributed by atoms with Gasteiger partial charge in [-0.2, -0.15) is 5.16 Å². The van der Waals surface area contributed by atoms with Gasteiger partial charge in [0.1, 0.15) is 23.7 Å². The first-order chi connectivity index (χ1) is 18.2. The molecule has 2 N–H and O–H groups in total.